The molecule has 30 heavy (non-hydrogen) atoms. The van der Waals surface area contributed by atoms with Crippen LogP contribution in [-0.2, 0) is 14.6 Å². The number of alkyl halides is 3. The summed E-state index contributed by atoms with van der Waals surface area (Å²) in [6, 6.07) is 2.47. The van der Waals surface area contributed by atoms with E-state index < -0.39 is 28.7 Å². The first kappa shape index (κ1) is 24.0. The minimum atomic E-state index is -4.45. The summed E-state index contributed by atoms with van der Waals surface area (Å²) in [4.78, 5) is 26.6. The first-order valence-corrected chi connectivity index (χ1v) is 11.5. The molecule has 2 rings (SSSR count). The summed E-state index contributed by atoms with van der Waals surface area (Å²) in [6.45, 7) is 0.799. The SMILES string of the molecule is CCC(CS(=O)(=O)CCCCCN1CC(=O)NC1=O)c1ccc(OCC(F)(F)F)[nH]1. The number of aromatic amines is 1. The fraction of sp³-hybridized carbons (Fsp3) is 0.667. The van der Waals surface area contributed by atoms with Gasteiger partial charge in [-0.2, -0.15) is 13.2 Å². The molecule has 0 spiro atoms. The second kappa shape index (κ2) is 10.2. The monoisotopic (exact) mass is 453 g/mol. The number of nitrogens with zero attached hydrogens (tertiary/aromatic N) is 1. The Kier molecular flexibility index (Phi) is 8.16. The molecule has 0 radical (unpaired) electrons. The number of ether oxygens (including phenoxy) is 1. The Morgan fingerprint density at radius 3 is 2.53 bits per heavy atom. The van der Waals surface area contributed by atoms with Crippen LogP contribution in [0.5, 0.6) is 5.88 Å². The average Bonchev–Trinajstić information content (AvgIpc) is 3.23. The van der Waals surface area contributed by atoms with E-state index in [1.165, 1.54) is 17.0 Å². The molecule has 2 N–H and O–H groups in total. The number of H-pyrrole nitrogens is 1. The molecule has 0 bridgehead atoms. The summed E-state index contributed by atoms with van der Waals surface area (Å²) in [5.41, 5.74) is 0.517. The number of carbonyl (C=O) groups excluding carboxylic acids is 2. The molecule has 1 aromatic rings. The van der Waals surface area contributed by atoms with E-state index in [-0.39, 0.29) is 35.8 Å². The predicted octanol–water partition coefficient (Wildman–Crippen LogP) is 2.59. The van der Waals surface area contributed by atoms with Gasteiger partial charge in [0.2, 0.25) is 5.91 Å². The Morgan fingerprint density at radius 2 is 1.93 bits per heavy atom. The first-order chi connectivity index (χ1) is 14.0. The highest BCUT2D eigenvalue weighted by atomic mass is 32.2. The van der Waals surface area contributed by atoms with E-state index in [2.05, 4.69) is 15.0 Å². The van der Waals surface area contributed by atoms with Crippen LogP contribution < -0.4 is 10.1 Å². The van der Waals surface area contributed by atoms with Crippen molar-refractivity contribution in [1.29, 1.82) is 0 Å². The minimum Gasteiger partial charge on any atom is -0.469 e. The lowest BCUT2D eigenvalue weighted by atomic mass is 10.1. The number of sulfone groups is 1. The van der Waals surface area contributed by atoms with Gasteiger partial charge in [0.05, 0.1) is 11.5 Å². The van der Waals surface area contributed by atoms with E-state index in [1.54, 1.807) is 6.92 Å². The van der Waals surface area contributed by atoms with Crippen LogP contribution in [0.25, 0.3) is 0 Å². The first-order valence-electron chi connectivity index (χ1n) is 9.66. The van der Waals surface area contributed by atoms with Crippen molar-refractivity contribution in [2.24, 2.45) is 0 Å². The van der Waals surface area contributed by atoms with Gasteiger partial charge in [0.1, 0.15) is 6.54 Å². The third-order valence-electron chi connectivity index (χ3n) is 4.71. The summed E-state index contributed by atoms with van der Waals surface area (Å²) in [5, 5.41) is 2.18. The van der Waals surface area contributed by atoms with Crippen LogP contribution in [0.1, 0.15) is 44.2 Å². The van der Waals surface area contributed by atoms with Crippen LogP contribution in [0.4, 0.5) is 18.0 Å². The zero-order valence-corrected chi connectivity index (χ0v) is 17.4. The number of hydrogen-bond acceptors (Lipinski definition) is 5. The number of carbonyl (C=O) groups is 2. The summed E-state index contributed by atoms with van der Waals surface area (Å²) in [5.74, 6) is -0.914. The van der Waals surface area contributed by atoms with E-state index >= 15 is 0 Å². The van der Waals surface area contributed by atoms with Gasteiger partial charge in [0.15, 0.2) is 22.3 Å². The van der Waals surface area contributed by atoms with Gasteiger partial charge in [-0.3, -0.25) is 10.1 Å². The molecular weight excluding hydrogens is 427 g/mol. The maximum Gasteiger partial charge on any atom is 0.422 e. The highest BCUT2D eigenvalue weighted by Gasteiger charge is 2.29. The number of imide groups is 1. The number of rotatable bonds is 12. The van der Waals surface area contributed by atoms with Crippen LogP contribution in [0.3, 0.4) is 0 Å². The Labute approximate surface area is 173 Å². The summed E-state index contributed by atoms with van der Waals surface area (Å²) >= 11 is 0. The smallest absolute Gasteiger partial charge is 0.422 e. The zero-order valence-electron chi connectivity index (χ0n) is 16.6. The van der Waals surface area contributed by atoms with E-state index in [1.807, 2.05) is 0 Å². The Morgan fingerprint density at radius 1 is 1.20 bits per heavy atom. The molecule has 1 unspecified atom stereocenters. The topological polar surface area (TPSA) is 109 Å². The van der Waals surface area contributed by atoms with E-state index in [4.69, 9.17) is 0 Å². The zero-order chi connectivity index (χ0) is 22.4. The van der Waals surface area contributed by atoms with Gasteiger partial charge in [-0.25, -0.2) is 13.2 Å². The van der Waals surface area contributed by atoms with Crippen molar-refractivity contribution >= 4 is 21.8 Å². The maximum absolute atomic E-state index is 12.4. The van der Waals surface area contributed by atoms with Crippen molar-refractivity contribution in [3.05, 3.63) is 17.8 Å². The van der Waals surface area contributed by atoms with Crippen LogP contribution >= 0.6 is 0 Å². The van der Waals surface area contributed by atoms with Gasteiger partial charge < -0.3 is 14.6 Å². The van der Waals surface area contributed by atoms with Gasteiger partial charge in [-0.05, 0) is 31.4 Å². The van der Waals surface area contributed by atoms with Crippen LogP contribution in [0.15, 0.2) is 12.1 Å². The van der Waals surface area contributed by atoms with E-state index in [9.17, 15) is 31.2 Å². The minimum absolute atomic E-state index is 0.0211. The molecule has 0 aliphatic carbocycles. The second-order valence-electron chi connectivity index (χ2n) is 7.24. The highest BCUT2D eigenvalue weighted by molar-refractivity contribution is 7.91. The summed E-state index contributed by atoms with van der Waals surface area (Å²) in [7, 11) is -3.37. The lowest BCUT2D eigenvalue weighted by Crippen LogP contribution is -2.29. The number of nitrogens with one attached hydrogen (secondary N) is 2. The molecule has 8 nitrogen and oxygen atoms in total. The third-order valence-corrected chi connectivity index (χ3v) is 6.53. The number of unbranched alkanes of at least 4 members (excludes halogenated alkanes) is 2. The van der Waals surface area contributed by atoms with Gasteiger partial charge in [0, 0.05) is 18.2 Å². The van der Waals surface area contributed by atoms with Gasteiger partial charge in [-0.15, -0.1) is 0 Å². The number of halogens is 3. The average molecular weight is 453 g/mol. The summed E-state index contributed by atoms with van der Waals surface area (Å²) in [6.07, 6.45) is -2.36. The van der Waals surface area contributed by atoms with Crippen molar-refractivity contribution in [2.75, 3.05) is 31.2 Å². The molecule has 2 heterocycles. The highest BCUT2D eigenvalue weighted by Crippen LogP contribution is 2.25. The van der Waals surface area contributed by atoms with Gasteiger partial charge in [-0.1, -0.05) is 13.3 Å². The molecule has 170 valence electrons. The molecular formula is C18H26F3N3O5S. The number of urea groups is 1. The van der Waals surface area contributed by atoms with Crippen LogP contribution in [0, 0.1) is 0 Å². The summed E-state index contributed by atoms with van der Waals surface area (Å²) < 4.78 is 66.2. The predicted molar refractivity (Wildman–Crippen MR) is 103 cm³/mol. The lowest BCUT2D eigenvalue weighted by molar-refractivity contribution is -0.154. The molecule has 1 atom stereocenters. The van der Waals surface area contributed by atoms with Crippen molar-refractivity contribution in [3.8, 4) is 5.88 Å². The lowest BCUT2D eigenvalue weighted by Gasteiger charge is -2.15. The van der Waals surface area contributed by atoms with E-state index in [0.29, 0.717) is 37.9 Å². The Hall–Kier alpha value is -2.24. The Bertz CT molecular complexity index is 838. The second-order valence-corrected chi connectivity index (χ2v) is 9.47. The molecule has 12 heteroatoms. The quantitative estimate of drug-likeness (QED) is 0.374. The Balaban J connectivity index is 1.76. The van der Waals surface area contributed by atoms with E-state index in [0.717, 1.165) is 0 Å². The largest absolute Gasteiger partial charge is 0.469 e. The van der Waals surface area contributed by atoms with Crippen LogP contribution in [0.2, 0.25) is 0 Å². The molecule has 1 aliphatic rings. The van der Waals surface area contributed by atoms with Crippen molar-refractivity contribution in [3.63, 3.8) is 0 Å². The molecule has 1 saturated heterocycles. The standard InChI is InChI=1S/C18H26F3N3O5S/c1-2-13(14-6-7-16(22-14)29-12-18(19,20)21)11-30(27,28)9-5-3-4-8-24-10-15(25)23-17(24)26/h6-7,13,22H,2-5,8-12H2,1H3,(H,23,25,26). The molecule has 0 aromatic carbocycles. The molecule has 1 aromatic heterocycles. The fourth-order valence-electron chi connectivity index (χ4n) is 3.16. The molecule has 3 amide bonds. The number of aromatic nitrogens is 1. The van der Waals surface area contributed by atoms with Gasteiger partial charge in [0.25, 0.3) is 0 Å². The molecule has 1 fully saturated rings. The van der Waals surface area contributed by atoms with Crippen LogP contribution in [-0.4, -0.2) is 67.6 Å². The maximum atomic E-state index is 12.4. The number of hydrogen-bond donors (Lipinski definition) is 2. The number of amides is 3. The van der Waals surface area contributed by atoms with Crippen molar-refractivity contribution in [1.82, 2.24) is 15.2 Å². The molecule has 1 aliphatic heterocycles. The van der Waals surface area contributed by atoms with Crippen molar-refractivity contribution in [2.45, 2.75) is 44.7 Å². The molecule has 0 saturated carbocycles. The van der Waals surface area contributed by atoms with Crippen molar-refractivity contribution < 1.29 is 35.9 Å². The third kappa shape index (κ3) is 7.88. The fourth-order valence-corrected chi connectivity index (χ4v) is 4.99. The normalized spacial score (nSPS) is 16.1. The van der Waals surface area contributed by atoms with Gasteiger partial charge >= 0.3 is 12.2 Å².